The zero-order chi connectivity index (χ0) is 30.0. The first kappa shape index (κ1) is 32.9. The van der Waals surface area contributed by atoms with Crippen LogP contribution in [0.1, 0.15) is 96.0 Å². The predicted octanol–water partition coefficient (Wildman–Crippen LogP) is 6.41. The van der Waals surface area contributed by atoms with E-state index >= 15 is 0 Å². The molecule has 0 heterocycles. The third kappa shape index (κ3) is 10.00. The van der Waals surface area contributed by atoms with E-state index in [-0.39, 0.29) is 30.3 Å². The monoisotopic (exact) mass is 551 g/mol. The summed E-state index contributed by atoms with van der Waals surface area (Å²) in [7, 11) is 0. The first-order valence-electron chi connectivity index (χ1n) is 14.5. The van der Waals surface area contributed by atoms with E-state index < -0.39 is 23.8 Å². The summed E-state index contributed by atoms with van der Waals surface area (Å²) in [4.78, 5) is 43.1. The Kier molecular flexibility index (Phi) is 12.2. The van der Waals surface area contributed by atoms with Crippen LogP contribution in [-0.4, -0.2) is 46.5 Å². The predicted molar refractivity (Wildman–Crippen MR) is 161 cm³/mol. The van der Waals surface area contributed by atoms with Gasteiger partial charge in [-0.05, 0) is 72.4 Å². The maximum atomic E-state index is 14.5. The van der Waals surface area contributed by atoms with Crippen LogP contribution in [0.2, 0.25) is 0 Å². The van der Waals surface area contributed by atoms with Crippen molar-refractivity contribution in [3.8, 4) is 0 Å². The quantitative estimate of drug-likeness (QED) is 0.319. The number of benzene rings is 2. The van der Waals surface area contributed by atoms with Gasteiger partial charge < -0.3 is 20.3 Å². The highest BCUT2D eigenvalue weighted by Gasteiger charge is 2.39. The number of ether oxygens (including phenoxy) is 1. The van der Waals surface area contributed by atoms with Crippen molar-refractivity contribution in [1.29, 1.82) is 0 Å². The summed E-state index contributed by atoms with van der Waals surface area (Å²) in [5.41, 5.74) is 2.95. The van der Waals surface area contributed by atoms with Gasteiger partial charge in [0.2, 0.25) is 11.8 Å². The van der Waals surface area contributed by atoms with Crippen LogP contribution in [-0.2, 0) is 20.7 Å². The fraction of sp³-hybridized carbons (Fsp3) is 0.545. The zero-order valence-electron chi connectivity index (χ0n) is 25.8. The smallest absolute Gasteiger partial charge is 0.408 e. The average Bonchev–Trinajstić information content (AvgIpc) is 2.84. The molecule has 2 N–H and O–H groups in total. The van der Waals surface area contributed by atoms with Crippen LogP contribution in [0, 0.1) is 13.8 Å². The Balaban J connectivity index is 2.62. The molecular weight excluding hydrogens is 502 g/mol. The van der Waals surface area contributed by atoms with Crippen LogP contribution < -0.4 is 10.6 Å². The SMILES string of the molecule is CCCC(C)NC(=O)C(c1cc(C)cc(C)c1)N(C(=O)C(Cc1ccccc1)NC(=O)OC(C)(C)C)C(C)CC. The minimum absolute atomic E-state index is 0.0419. The zero-order valence-corrected chi connectivity index (χ0v) is 25.8. The van der Waals surface area contributed by atoms with Crippen LogP contribution >= 0.6 is 0 Å². The highest BCUT2D eigenvalue weighted by molar-refractivity contribution is 5.92. The number of hydrogen-bond donors (Lipinski definition) is 2. The molecule has 4 unspecified atom stereocenters. The van der Waals surface area contributed by atoms with E-state index in [4.69, 9.17) is 4.74 Å². The molecule has 4 atom stereocenters. The van der Waals surface area contributed by atoms with Crippen molar-refractivity contribution in [3.63, 3.8) is 0 Å². The van der Waals surface area contributed by atoms with E-state index in [1.54, 1.807) is 25.7 Å². The molecule has 3 amide bonds. The summed E-state index contributed by atoms with van der Waals surface area (Å²) in [6, 6.07) is 13.4. The Labute approximate surface area is 241 Å². The van der Waals surface area contributed by atoms with Crippen LogP contribution in [0.5, 0.6) is 0 Å². The second kappa shape index (κ2) is 14.9. The number of hydrogen-bond acceptors (Lipinski definition) is 4. The summed E-state index contributed by atoms with van der Waals surface area (Å²) >= 11 is 0. The van der Waals surface area contributed by atoms with E-state index in [0.29, 0.717) is 6.42 Å². The molecule has 40 heavy (non-hydrogen) atoms. The van der Waals surface area contributed by atoms with Gasteiger partial charge in [0.1, 0.15) is 17.7 Å². The standard InChI is InChI=1S/C33H49N3O4/c1-10-15-24(5)34-30(37)29(27-19-22(3)18-23(4)20-27)36(25(6)11-2)31(38)28(21-26-16-13-12-14-17-26)35-32(39)40-33(7,8)9/h12-14,16-20,24-25,28-29H,10-11,15,21H2,1-9H3,(H,34,37)(H,35,39). The highest BCUT2D eigenvalue weighted by atomic mass is 16.6. The maximum Gasteiger partial charge on any atom is 0.408 e. The molecule has 220 valence electrons. The normalized spacial score (nSPS) is 14.4. The second-order valence-electron chi connectivity index (χ2n) is 11.9. The van der Waals surface area contributed by atoms with Gasteiger partial charge in [0.25, 0.3) is 0 Å². The number of rotatable bonds is 12. The van der Waals surface area contributed by atoms with Gasteiger partial charge in [-0.1, -0.05) is 79.9 Å². The molecule has 0 aliphatic carbocycles. The van der Waals surface area contributed by atoms with Gasteiger partial charge in [0.15, 0.2) is 0 Å². The molecule has 0 saturated heterocycles. The summed E-state index contributed by atoms with van der Waals surface area (Å²) < 4.78 is 5.53. The molecule has 2 aromatic rings. The fourth-order valence-corrected chi connectivity index (χ4v) is 4.91. The van der Waals surface area contributed by atoms with E-state index in [9.17, 15) is 14.4 Å². The van der Waals surface area contributed by atoms with Crippen LogP contribution in [0.3, 0.4) is 0 Å². The van der Waals surface area contributed by atoms with Crippen molar-refractivity contribution < 1.29 is 19.1 Å². The van der Waals surface area contributed by atoms with Gasteiger partial charge in [-0.15, -0.1) is 0 Å². The van der Waals surface area contributed by atoms with Crippen molar-refractivity contribution in [1.82, 2.24) is 15.5 Å². The topological polar surface area (TPSA) is 87.7 Å². The molecule has 7 nitrogen and oxygen atoms in total. The molecule has 2 aromatic carbocycles. The Morgan fingerprint density at radius 3 is 2.05 bits per heavy atom. The minimum atomic E-state index is -0.930. The van der Waals surface area contributed by atoms with E-state index in [0.717, 1.165) is 35.1 Å². The lowest BCUT2D eigenvalue weighted by Crippen LogP contribution is -2.56. The van der Waals surface area contributed by atoms with Crippen LogP contribution in [0.15, 0.2) is 48.5 Å². The molecule has 0 aliphatic rings. The number of carbonyl (C=O) groups excluding carboxylic acids is 3. The molecule has 0 bridgehead atoms. The molecule has 0 spiro atoms. The summed E-state index contributed by atoms with van der Waals surface area (Å²) in [6.45, 7) is 17.3. The van der Waals surface area contributed by atoms with Crippen molar-refractivity contribution >= 4 is 17.9 Å². The number of carbonyl (C=O) groups is 3. The third-order valence-electron chi connectivity index (χ3n) is 6.79. The molecule has 0 fully saturated rings. The average molecular weight is 552 g/mol. The lowest BCUT2D eigenvalue weighted by atomic mass is 9.95. The number of alkyl carbamates (subject to hydrolysis) is 1. The first-order valence-corrected chi connectivity index (χ1v) is 14.5. The molecule has 0 aromatic heterocycles. The molecule has 0 saturated carbocycles. The van der Waals surface area contributed by atoms with Crippen molar-refractivity contribution in [2.24, 2.45) is 0 Å². The highest BCUT2D eigenvalue weighted by Crippen LogP contribution is 2.28. The van der Waals surface area contributed by atoms with Crippen molar-refractivity contribution in [3.05, 3.63) is 70.8 Å². The summed E-state index contributed by atoms with van der Waals surface area (Å²) in [5.74, 6) is -0.554. The van der Waals surface area contributed by atoms with Crippen molar-refractivity contribution in [2.75, 3.05) is 0 Å². The van der Waals surface area contributed by atoms with E-state index in [1.165, 1.54) is 0 Å². The molecule has 2 rings (SSSR count). The van der Waals surface area contributed by atoms with Crippen LogP contribution in [0.25, 0.3) is 0 Å². The Morgan fingerprint density at radius 2 is 1.52 bits per heavy atom. The van der Waals surface area contributed by atoms with Gasteiger partial charge in [0, 0.05) is 18.5 Å². The van der Waals surface area contributed by atoms with Gasteiger partial charge in [-0.25, -0.2) is 4.79 Å². The number of aryl methyl sites for hydroxylation is 2. The van der Waals surface area contributed by atoms with E-state index in [2.05, 4.69) is 23.6 Å². The number of amides is 3. The Hall–Kier alpha value is -3.35. The molecule has 0 radical (unpaired) electrons. The minimum Gasteiger partial charge on any atom is -0.444 e. The number of nitrogens with one attached hydrogen (secondary N) is 2. The fourth-order valence-electron chi connectivity index (χ4n) is 4.91. The van der Waals surface area contributed by atoms with Crippen molar-refractivity contribution in [2.45, 2.75) is 118 Å². The third-order valence-corrected chi connectivity index (χ3v) is 6.79. The summed E-state index contributed by atoms with van der Waals surface area (Å²) in [5, 5.41) is 5.97. The Bertz CT molecular complexity index is 1110. The van der Waals surface area contributed by atoms with Gasteiger partial charge in [-0.3, -0.25) is 9.59 Å². The van der Waals surface area contributed by atoms with Gasteiger partial charge in [0.05, 0.1) is 0 Å². The molecular formula is C33H49N3O4. The lowest BCUT2D eigenvalue weighted by Gasteiger charge is -2.39. The molecule has 0 aliphatic heterocycles. The van der Waals surface area contributed by atoms with Crippen LogP contribution in [0.4, 0.5) is 4.79 Å². The Morgan fingerprint density at radius 1 is 0.925 bits per heavy atom. The maximum absolute atomic E-state index is 14.5. The van der Waals surface area contributed by atoms with E-state index in [1.807, 2.05) is 77.1 Å². The van der Waals surface area contributed by atoms with Gasteiger partial charge >= 0.3 is 6.09 Å². The lowest BCUT2D eigenvalue weighted by molar-refractivity contribution is -0.145. The second-order valence-corrected chi connectivity index (χ2v) is 11.9. The first-order chi connectivity index (χ1) is 18.7. The molecule has 7 heteroatoms. The summed E-state index contributed by atoms with van der Waals surface area (Å²) in [6.07, 6.45) is 1.99. The van der Waals surface area contributed by atoms with Gasteiger partial charge in [-0.2, -0.15) is 0 Å². The largest absolute Gasteiger partial charge is 0.444 e. The number of nitrogens with zero attached hydrogens (tertiary/aromatic N) is 1.